The molecule has 0 saturated heterocycles. The minimum absolute atomic E-state index is 0.175. The number of aryl methyl sites for hydroxylation is 1. The van der Waals surface area contributed by atoms with E-state index >= 15 is 0 Å². The quantitative estimate of drug-likeness (QED) is 0.271. The van der Waals surface area contributed by atoms with Crippen LogP contribution in [0.15, 0.2) is 60.9 Å². The Kier molecular flexibility index (Phi) is 7.72. The number of carbonyl (C=O) groups is 2. The zero-order valence-corrected chi connectivity index (χ0v) is 23.4. The largest absolute Gasteiger partial charge is 0.373 e. The number of methoxy groups -OCH3 is 1. The number of benzene rings is 2. The zero-order valence-electron chi connectivity index (χ0n) is 22.6. The van der Waals surface area contributed by atoms with Gasteiger partial charge in [0.05, 0.1) is 45.6 Å². The van der Waals surface area contributed by atoms with E-state index in [1.54, 1.807) is 36.3 Å². The number of rotatable bonds is 8. The number of aromatic nitrogens is 3. The number of ketones is 1. The number of hydrogen-bond acceptors (Lipinski definition) is 5. The van der Waals surface area contributed by atoms with Crippen molar-refractivity contribution in [3.63, 3.8) is 0 Å². The summed E-state index contributed by atoms with van der Waals surface area (Å²) in [6.07, 6.45) is 4.42. The first-order valence-electron chi connectivity index (χ1n) is 12.5. The summed E-state index contributed by atoms with van der Waals surface area (Å²) >= 11 is 6.39. The third-order valence-electron chi connectivity index (χ3n) is 6.73. The fraction of sp³-hybridized carbons (Fsp3) is 0.333. The van der Waals surface area contributed by atoms with Gasteiger partial charge in [-0.15, -0.1) is 0 Å². The second-order valence-corrected chi connectivity index (χ2v) is 11.3. The van der Waals surface area contributed by atoms with Gasteiger partial charge in [0.15, 0.2) is 0 Å². The summed E-state index contributed by atoms with van der Waals surface area (Å²) < 4.78 is 7.30. The molecule has 0 unspecified atom stereocenters. The third kappa shape index (κ3) is 5.79. The molecule has 8 heteroatoms. The Balaban J connectivity index is 1.57. The fourth-order valence-corrected chi connectivity index (χ4v) is 4.27. The highest BCUT2D eigenvalue weighted by Gasteiger charge is 2.22. The molecule has 4 aromatic rings. The van der Waals surface area contributed by atoms with Gasteiger partial charge in [-0.1, -0.05) is 44.5 Å². The number of carbonyl (C=O) groups excluding carboxylic acids is 2. The van der Waals surface area contributed by atoms with Crippen molar-refractivity contribution in [2.45, 2.75) is 53.1 Å². The Morgan fingerprint density at radius 2 is 1.79 bits per heavy atom. The van der Waals surface area contributed by atoms with Crippen molar-refractivity contribution >= 4 is 39.9 Å². The number of nitrogens with one attached hydrogen (secondary N) is 1. The number of hydrogen-bond donors (Lipinski definition) is 1. The van der Waals surface area contributed by atoms with Crippen LogP contribution in [0.4, 0.5) is 5.69 Å². The number of Topliss-reactive ketones (excluding diaryl/α,β-unsaturated/α-hetero) is 1. The molecule has 2 heterocycles. The van der Waals surface area contributed by atoms with Crippen LogP contribution in [0.1, 0.15) is 62.7 Å². The molecule has 7 nitrogen and oxygen atoms in total. The highest BCUT2D eigenvalue weighted by molar-refractivity contribution is 6.34. The highest BCUT2D eigenvalue weighted by atomic mass is 35.5. The molecule has 0 saturated carbocycles. The normalized spacial score (nSPS) is 12.1. The Morgan fingerprint density at radius 3 is 2.45 bits per heavy atom. The molecule has 1 amide bonds. The van der Waals surface area contributed by atoms with Crippen LogP contribution in [-0.2, 0) is 21.6 Å². The minimum Gasteiger partial charge on any atom is -0.373 e. The monoisotopic (exact) mass is 532 g/mol. The molecule has 0 fully saturated rings. The Labute approximate surface area is 228 Å². The second-order valence-electron chi connectivity index (χ2n) is 10.9. The van der Waals surface area contributed by atoms with Gasteiger partial charge in [0.1, 0.15) is 11.4 Å². The smallest absolute Gasteiger partial charge is 0.257 e. The molecule has 2 aromatic heterocycles. The predicted molar refractivity (Wildman–Crippen MR) is 151 cm³/mol. The van der Waals surface area contributed by atoms with E-state index in [1.165, 1.54) is 0 Å². The maximum atomic E-state index is 13.3. The lowest BCUT2D eigenvalue weighted by Crippen LogP contribution is -2.21. The number of nitrogens with zero attached hydrogens (tertiary/aromatic N) is 3. The van der Waals surface area contributed by atoms with Crippen molar-refractivity contribution in [2.75, 3.05) is 12.4 Å². The van der Waals surface area contributed by atoms with E-state index in [0.717, 1.165) is 27.8 Å². The van der Waals surface area contributed by atoms with Gasteiger partial charge in [-0.3, -0.25) is 14.6 Å². The van der Waals surface area contributed by atoms with Gasteiger partial charge in [0.2, 0.25) is 0 Å². The molecule has 0 bridgehead atoms. The van der Waals surface area contributed by atoms with E-state index in [0.29, 0.717) is 29.1 Å². The molecule has 1 N–H and O–H groups in total. The number of anilines is 1. The van der Waals surface area contributed by atoms with Crippen LogP contribution in [0, 0.1) is 5.41 Å². The maximum absolute atomic E-state index is 13.3. The Bertz CT molecular complexity index is 1480. The molecule has 198 valence electrons. The lowest BCUT2D eigenvalue weighted by atomic mass is 9.87. The second kappa shape index (κ2) is 10.7. The minimum atomic E-state index is -0.497. The molecular formula is C30H33ClN4O3. The SMILES string of the molecule is COC(C)(C)c1ccc(-n2ncc3c(NC(=O)c4cc(CCC(=O)C(C)(C)C)ccc4Cl)cccc32)cn1. The van der Waals surface area contributed by atoms with E-state index in [4.69, 9.17) is 16.3 Å². The van der Waals surface area contributed by atoms with Crippen molar-refractivity contribution in [1.82, 2.24) is 14.8 Å². The predicted octanol–water partition coefficient (Wildman–Crippen LogP) is 6.76. The number of halogens is 1. The van der Waals surface area contributed by atoms with E-state index in [1.807, 2.05) is 71.0 Å². The van der Waals surface area contributed by atoms with Crippen molar-refractivity contribution in [3.8, 4) is 5.69 Å². The molecule has 0 radical (unpaired) electrons. The number of amides is 1. The van der Waals surface area contributed by atoms with Crippen LogP contribution in [0.5, 0.6) is 0 Å². The molecule has 38 heavy (non-hydrogen) atoms. The third-order valence-corrected chi connectivity index (χ3v) is 7.06. The molecular weight excluding hydrogens is 500 g/mol. The summed E-state index contributed by atoms with van der Waals surface area (Å²) in [5.74, 6) is -0.151. The summed E-state index contributed by atoms with van der Waals surface area (Å²) in [6, 6.07) is 14.8. The zero-order chi connectivity index (χ0) is 27.7. The van der Waals surface area contributed by atoms with Crippen LogP contribution in [-0.4, -0.2) is 33.6 Å². The van der Waals surface area contributed by atoms with Crippen LogP contribution in [0.25, 0.3) is 16.6 Å². The molecule has 0 atom stereocenters. The summed E-state index contributed by atoms with van der Waals surface area (Å²) in [7, 11) is 1.66. The lowest BCUT2D eigenvalue weighted by molar-refractivity contribution is -0.126. The van der Waals surface area contributed by atoms with Crippen LogP contribution < -0.4 is 5.32 Å². The van der Waals surface area contributed by atoms with Crippen molar-refractivity contribution < 1.29 is 14.3 Å². The molecule has 4 rings (SSSR count). The standard InChI is InChI=1S/C30H33ClN4O3/c1-29(2,3)27(36)15-11-19-10-13-23(31)21(16-19)28(37)34-24-8-7-9-25-22(24)18-33-35(25)20-12-14-26(32-17-20)30(4,5)38-6/h7-10,12-14,16-18H,11,15H2,1-6H3,(H,34,37). The first-order valence-corrected chi connectivity index (χ1v) is 12.9. The van der Waals surface area contributed by atoms with Crippen LogP contribution in [0.3, 0.4) is 0 Å². The number of ether oxygens (including phenoxy) is 1. The lowest BCUT2D eigenvalue weighted by Gasteiger charge is -2.22. The Hall–Kier alpha value is -3.55. The first-order chi connectivity index (χ1) is 17.9. The van der Waals surface area contributed by atoms with Gasteiger partial charge >= 0.3 is 0 Å². The van der Waals surface area contributed by atoms with E-state index in [2.05, 4.69) is 15.4 Å². The number of pyridine rings is 1. The Morgan fingerprint density at radius 1 is 1.03 bits per heavy atom. The average Bonchev–Trinajstić information content (AvgIpc) is 3.32. The highest BCUT2D eigenvalue weighted by Crippen LogP contribution is 2.28. The van der Waals surface area contributed by atoms with Gasteiger partial charge in [0, 0.05) is 24.3 Å². The average molecular weight is 533 g/mol. The molecule has 0 aliphatic heterocycles. The fourth-order valence-electron chi connectivity index (χ4n) is 4.06. The molecule has 0 aliphatic carbocycles. The molecule has 0 spiro atoms. The van der Waals surface area contributed by atoms with Gasteiger partial charge in [-0.25, -0.2) is 4.68 Å². The molecule has 0 aliphatic rings. The van der Waals surface area contributed by atoms with E-state index in [-0.39, 0.29) is 11.7 Å². The van der Waals surface area contributed by atoms with E-state index < -0.39 is 11.0 Å². The maximum Gasteiger partial charge on any atom is 0.257 e. The van der Waals surface area contributed by atoms with Gasteiger partial charge < -0.3 is 10.1 Å². The first kappa shape index (κ1) is 27.5. The summed E-state index contributed by atoms with van der Waals surface area (Å²) in [6.45, 7) is 9.65. The summed E-state index contributed by atoms with van der Waals surface area (Å²) in [5.41, 5.74) is 3.40. The van der Waals surface area contributed by atoms with E-state index in [9.17, 15) is 9.59 Å². The van der Waals surface area contributed by atoms with Crippen molar-refractivity contribution in [1.29, 1.82) is 0 Å². The molecule has 2 aromatic carbocycles. The van der Waals surface area contributed by atoms with Crippen LogP contribution in [0.2, 0.25) is 5.02 Å². The van der Waals surface area contributed by atoms with Gasteiger partial charge in [-0.05, 0) is 62.2 Å². The van der Waals surface area contributed by atoms with Crippen molar-refractivity contribution in [3.05, 3.63) is 82.8 Å². The summed E-state index contributed by atoms with van der Waals surface area (Å²) in [4.78, 5) is 30.2. The van der Waals surface area contributed by atoms with Gasteiger partial charge in [0.25, 0.3) is 5.91 Å². The summed E-state index contributed by atoms with van der Waals surface area (Å²) in [5, 5.41) is 8.66. The number of fused-ring (bicyclic) bond motifs is 1. The van der Waals surface area contributed by atoms with Crippen LogP contribution >= 0.6 is 11.6 Å². The van der Waals surface area contributed by atoms with Crippen molar-refractivity contribution in [2.24, 2.45) is 5.41 Å². The topological polar surface area (TPSA) is 86.1 Å². The van der Waals surface area contributed by atoms with Gasteiger partial charge in [-0.2, -0.15) is 5.10 Å².